The molecule has 0 aliphatic carbocycles. The van der Waals surface area contributed by atoms with Crippen LogP contribution in [0.1, 0.15) is 19.9 Å². The normalized spacial score (nSPS) is 10.8. The average molecular weight is 263 g/mol. The van der Waals surface area contributed by atoms with E-state index in [1.54, 1.807) is 31.0 Å². The van der Waals surface area contributed by atoms with Gasteiger partial charge in [-0.2, -0.15) is 0 Å². The number of benzene rings is 1. The van der Waals surface area contributed by atoms with Crippen molar-refractivity contribution in [1.82, 2.24) is 20.2 Å². The molecule has 0 spiro atoms. The maximum Gasteiger partial charge on any atom is 0.184 e. The summed E-state index contributed by atoms with van der Waals surface area (Å²) in [6, 6.07) is 3.65. The molecule has 0 fully saturated rings. The van der Waals surface area contributed by atoms with E-state index in [4.69, 9.17) is 15.2 Å². The lowest BCUT2D eigenvalue weighted by molar-refractivity contribution is 0.396. The molecule has 1 heterocycles. The molecule has 102 valence electrons. The summed E-state index contributed by atoms with van der Waals surface area (Å²) in [6.07, 6.45) is 0. The minimum absolute atomic E-state index is 0.126. The van der Waals surface area contributed by atoms with E-state index in [0.717, 1.165) is 0 Å². The second kappa shape index (κ2) is 5.13. The second-order valence-electron chi connectivity index (χ2n) is 4.33. The zero-order chi connectivity index (χ0) is 14.0. The van der Waals surface area contributed by atoms with Gasteiger partial charge in [-0.3, -0.25) is 0 Å². The molecule has 0 radical (unpaired) electrons. The summed E-state index contributed by atoms with van der Waals surface area (Å²) < 4.78 is 12.2. The van der Waals surface area contributed by atoms with Gasteiger partial charge in [-0.15, -0.1) is 5.10 Å². The monoisotopic (exact) mass is 263 g/mol. The zero-order valence-corrected chi connectivity index (χ0v) is 11.4. The largest absolute Gasteiger partial charge is 0.497 e. The van der Waals surface area contributed by atoms with E-state index < -0.39 is 0 Å². The molecule has 1 aromatic heterocycles. The summed E-state index contributed by atoms with van der Waals surface area (Å²) in [7, 11) is 3.14. The van der Waals surface area contributed by atoms with E-state index >= 15 is 0 Å². The predicted octanol–water partition coefficient (Wildman–Crippen LogP) is 1.52. The number of methoxy groups -OCH3 is 2. The van der Waals surface area contributed by atoms with Gasteiger partial charge >= 0.3 is 0 Å². The fourth-order valence-corrected chi connectivity index (χ4v) is 1.79. The van der Waals surface area contributed by atoms with E-state index in [-0.39, 0.29) is 6.04 Å². The molecule has 0 saturated heterocycles. The van der Waals surface area contributed by atoms with Gasteiger partial charge in [0.2, 0.25) is 0 Å². The van der Waals surface area contributed by atoms with Crippen LogP contribution in [0.25, 0.3) is 11.4 Å². The van der Waals surface area contributed by atoms with E-state index in [9.17, 15) is 0 Å². The first-order valence-corrected chi connectivity index (χ1v) is 5.88. The number of hydrogen-bond donors (Lipinski definition) is 1. The summed E-state index contributed by atoms with van der Waals surface area (Å²) in [5, 5.41) is 11.7. The highest BCUT2D eigenvalue weighted by atomic mass is 16.5. The van der Waals surface area contributed by atoms with Gasteiger partial charge in [0.1, 0.15) is 11.5 Å². The Kier molecular flexibility index (Phi) is 3.55. The molecule has 0 bridgehead atoms. The average Bonchev–Trinajstić information content (AvgIpc) is 2.88. The lowest BCUT2D eigenvalue weighted by Crippen LogP contribution is -2.07. The lowest BCUT2D eigenvalue weighted by atomic mass is 10.1. The third kappa shape index (κ3) is 2.31. The number of ether oxygens (including phenoxy) is 2. The molecule has 2 aromatic rings. The topological polar surface area (TPSA) is 88.1 Å². The van der Waals surface area contributed by atoms with Crippen LogP contribution in [0.2, 0.25) is 0 Å². The number of hydrogen-bond acceptors (Lipinski definition) is 6. The van der Waals surface area contributed by atoms with Crippen molar-refractivity contribution in [2.45, 2.75) is 19.9 Å². The van der Waals surface area contributed by atoms with Crippen LogP contribution in [-0.2, 0) is 0 Å². The Balaban J connectivity index is 2.63. The molecule has 0 saturated carbocycles. The lowest BCUT2D eigenvalue weighted by Gasteiger charge is -2.13. The van der Waals surface area contributed by atoms with Crippen LogP contribution >= 0.6 is 0 Å². The summed E-state index contributed by atoms with van der Waals surface area (Å²) in [5.41, 5.74) is 7.26. The quantitative estimate of drug-likeness (QED) is 0.841. The number of aromatic nitrogens is 4. The Bertz CT molecular complexity index is 579. The van der Waals surface area contributed by atoms with Crippen molar-refractivity contribution < 1.29 is 9.47 Å². The summed E-state index contributed by atoms with van der Waals surface area (Å²) in [6.45, 7) is 3.99. The number of nitrogens with two attached hydrogens (primary N) is 1. The van der Waals surface area contributed by atoms with Gasteiger partial charge in [0.15, 0.2) is 5.82 Å². The number of nitrogen functional groups attached to an aromatic ring is 1. The molecule has 0 aliphatic rings. The second-order valence-corrected chi connectivity index (χ2v) is 4.33. The first-order chi connectivity index (χ1) is 9.08. The molecule has 0 unspecified atom stereocenters. The molecule has 2 rings (SSSR count). The van der Waals surface area contributed by atoms with E-state index in [1.165, 1.54) is 0 Å². The van der Waals surface area contributed by atoms with Gasteiger partial charge < -0.3 is 15.2 Å². The van der Waals surface area contributed by atoms with Gasteiger partial charge in [0.25, 0.3) is 0 Å². The molecule has 0 atom stereocenters. The van der Waals surface area contributed by atoms with Crippen LogP contribution < -0.4 is 15.2 Å². The third-order valence-corrected chi connectivity index (χ3v) is 2.79. The van der Waals surface area contributed by atoms with Crippen LogP contribution in [0.15, 0.2) is 12.1 Å². The van der Waals surface area contributed by atoms with E-state index in [2.05, 4.69) is 15.5 Å². The maximum absolute atomic E-state index is 6.09. The molecule has 2 N–H and O–H groups in total. The first-order valence-electron chi connectivity index (χ1n) is 5.88. The Morgan fingerprint density at radius 3 is 2.53 bits per heavy atom. The van der Waals surface area contributed by atoms with Crippen LogP contribution in [-0.4, -0.2) is 34.4 Å². The molecule has 0 aliphatic heterocycles. The molecular formula is C12H17N5O2. The number of rotatable bonds is 4. The molecule has 19 heavy (non-hydrogen) atoms. The summed E-state index contributed by atoms with van der Waals surface area (Å²) >= 11 is 0. The Morgan fingerprint density at radius 2 is 1.95 bits per heavy atom. The minimum Gasteiger partial charge on any atom is -0.497 e. The highest BCUT2D eigenvalue weighted by molar-refractivity contribution is 5.78. The van der Waals surface area contributed by atoms with Crippen molar-refractivity contribution in [3.63, 3.8) is 0 Å². The summed E-state index contributed by atoms with van der Waals surface area (Å²) in [4.78, 5) is 0. The van der Waals surface area contributed by atoms with E-state index in [0.29, 0.717) is 28.6 Å². The standard InChI is InChI=1S/C12H17N5O2/c1-7(2)17-12(14-15-16-17)9-5-8(18-3)6-10(19-4)11(9)13/h5-7H,13H2,1-4H3. The van der Waals surface area contributed by atoms with Crippen molar-refractivity contribution in [3.8, 4) is 22.9 Å². The summed E-state index contributed by atoms with van der Waals surface area (Å²) in [5.74, 6) is 1.76. The maximum atomic E-state index is 6.09. The molecule has 7 heteroatoms. The first kappa shape index (κ1) is 13.1. The van der Waals surface area contributed by atoms with Crippen LogP contribution in [0, 0.1) is 0 Å². The van der Waals surface area contributed by atoms with Crippen LogP contribution in [0.5, 0.6) is 11.5 Å². The number of anilines is 1. The molecular weight excluding hydrogens is 246 g/mol. The van der Waals surface area contributed by atoms with E-state index in [1.807, 2.05) is 13.8 Å². The van der Waals surface area contributed by atoms with Crippen molar-refractivity contribution in [1.29, 1.82) is 0 Å². The smallest absolute Gasteiger partial charge is 0.184 e. The van der Waals surface area contributed by atoms with Crippen LogP contribution in [0.4, 0.5) is 5.69 Å². The Morgan fingerprint density at radius 1 is 1.21 bits per heavy atom. The number of tetrazole rings is 1. The molecule has 1 aromatic carbocycles. The van der Waals surface area contributed by atoms with Gasteiger partial charge in [0.05, 0.1) is 31.5 Å². The van der Waals surface area contributed by atoms with Crippen molar-refractivity contribution in [2.75, 3.05) is 20.0 Å². The Labute approximate surface area is 111 Å². The van der Waals surface area contributed by atoms with Gasteiger partial charge in [0, 0.05) is 6.07 Å². The highest BCUT2D eigenvalue weighted by Crippen LogP contribution is 2.36. The number of nitrogens with zero attached hydrogens (tertiary/aromatic N) is 4. The van der Waals surface area contributed by atoms with Crippen molar-refractivity contribution >= 4 is 5.69 Å². The van der Waals surface area contributed by atoms with Crippen LogP contribution in [0.3, 0.4) is 0 Å². The minimum atomic E-state index is 0.126. The third-order valence-electron chi connectivity index (χ3n) is 2.79. The predicted molar refractivity (Wildman–Crippen MR) is 71.2 cm³/mol. The van der Waals surface area contributed by atoms with Crippen molar-refractivity contribution in [2.24, 2.45) is 0 Å². The molecule has 0 amide bonds. The fraction of sp³-hybridized carbons (Fsp3) is 0.417. The molecule has 7 nitrogen and oxygen atoms in total. The Hall–Kier alpha value is -2.31. The fourth-order valence-electron chi connectivity index (χ4n) is 1.79. The van der Waals surface area contributed by atoms with Gasteiger partial charge in [-0.05, 0) is 30.3 Å². The van der Waals surface area contributed by atoms with Gasteiger partial charge in [-0.1, -0.05) is 0 Å². The van der Waals surface area contributed by atoms with Crippen molar-refractivity contribution in [3.05, 3.63) is 12.1 Å². The SMILES string of the molecule is COc1cc(OC)c(N)c(-c2nnnn2C(C)C)c1. The van der Waals surface area contributed by atoms with Gasteiger partial charge in [-0.25, -0.2) is 4.68 Å². The highest BCUT2D eigenvalue weighted by Gasteiger charge is 2.18. The zero-order valence-electron chi connectivity index (χ0n) is 11.4.